The van der Waals surface area contributed by atoms with Crippen molar-refractivity contribution in [2.45, 2.75) is 37.7 Å². The minimum atomic E-state index is -0.886. The number of alkyl halides is 3. The molecule has 0 aromatic heterocycles. The summed E-state index contributed by atoms with van der Waals surface area (Å²) in [6.07, 6.45) is 1.43. The van der Waals surface area contributed by atoms with E-state index in [0.717, 1.165) is 45.5 Å². The van der Waals surface area contributed by atoms with Gasteiger partial charge >= 0.3 is 29.6 Å². The van der Waals surface area contributed by atoms with Gasteiger partial charge in [0.15, 0.2) is 0 Å². The van der Waals surface area contributed by atoms with Crippen LogP contribution in [0.25, 0.3) is 0 Å². The van der Waals surface area contributed by atoms with E-state index >= 15 is 0 Å². The maximum Gasteiger partial charge on any atom is 1.00 e. The molecule has 1 aliphatic heterocycles. The van der Waals surface area contributed by atoms with E-state index in [2.05, 4.69) is 31.4 Å². The van der Waals surface area contributed by atoms with Crippen molar-refractivity contribution in [1.29, 1.82) is 5.26 Å². The molecule has 0 aliphatic carbocycles. The van der Waals surface area contributed by atoms with Crippen LogP contribution < -0.4 is 34.9 Å². The van der Waals surface area contributed by atoms with Crippen LogP contribution in [-0.2, 0) is 16.5 Å². The number of hydrogen-bond acceptors (Lipinski definition) is 7. The van der Waals surface area contributed by atoms with Crippen molar-refractivity contribution in [2.24, 2.45) is 10.1 Å². The molecule has 58 heavy (non-hydrogen) atoms. The fraction of sp³-hybridized carbons (Fsp3) is 0.190. The Morgan fingerprint density at radius 1 is 0.914 bits per heavy atom. The van der Waals surface area contributed by atoms with Gasteiger partial charge in [0.25, 0.3) is 5.91 Å². The summed E-state index contributed by atoms with van der Waals surface area (Å²) < 4.78 is 60.1. The second kappa shape index (κ2) is 27.4. The van der Waals surface area contributed by atoms with E-state index in [9.17, 15) is 22.4 Å². The predicted octanol–water partition coefficient (Wildman–Crippen LogP) is 7.95. The van der Waals surface area contributed by atoms with Crippen molar-refractivity contribution >= 4 is 57.2 Å². The number of aryl methyl sites for hydroxylation is 1. The predicted molar refractivity (Wildman–Crippen MR) is 218 cm³/mol. The Morgan fingerprint density at radius 2 is 1.41 bits per heavy atom. The number of oxime groups is 1. The number of amides is 1. The van der Waals surface area contributed by atoms with E-state index in [1.807, 2.05) is 79.7 Å². The zero-order chi connectivity index (χ0) is 41.0. The smallest absolute Gasteiger partial charge is 0.870 e. The van der Waals surface area contributed by atoms with Crippen LogP contribution in [0.2, 0.25) is 0 Å². The van der Waals surface area contributed by atoms with E-state index in [0.29, 0.717) is 17.1 Å². The number of carbonyl (C=O) groups excluding carboxylic acids is 1. The van der Waals surface area contributed by atoms with Gasteiger partial charge in [0, 0.05) is 24.0 Å². The minimum absolute atomic E-state index is 0. The molecule has 2 unspecified atom stereocenters. The van der Waals surface area contributed by atoms with Gasteiger partial charge in [-0.25, -0.2) is 22.6 Å². The van der Waals surface area contributed by atoms with Gasteiger partial charge in [-0.1, -0.05) is 106 Å². The van der Waals surface area contributed by atoms with E-state index in [4.69, 9.17) is 38.4 Å². The summed E-state index contributed by atoms with van der Waals surface area (Å²) in [5.41, 5.74) is 4.97. The van der Waals surface area contributed by atoms with E-state index in [1.54, 1.807) is 6.07 Å². The molecule has 5 aromatic rings. The maximum atomic E-state index is 13.7. The number of carbonyl (C=O) groups is 1. The first-order valence-electron chi connectivity index (χ1n) is 16.8. The Morgan fingerprint density at radius 3 is 1.90 bits per heavy atom. The van der Waals surface area contributed by atoms with Crippen LogP contribution in [0.4, 0.5) is 17.6 Å². The molecule has 8 nitrogen and oxygen atoms in total. The van der Waals surface area contributed by atoms with E-state index in [1.165, 1.54) is 37.4 Å². The van der Waals surface area contributed by atoms with Gasteiger partial charge in [0.1, 0.15) is 47.0 Å². The van der Waals surface area contributed by atoms with Gasteiger partial charge in [-0.15, -0.1) is 23.2 Å². The number of nitrogens with zero attached hydrogens (tertiary/aromatic N) is 3. The molecule has 1 amide bonds. The Hall–Kier alpha value is -4.26. The van der Waals surface area contributed by atoms with Crippen molar-refractivity contribution in [2.75, 3.05) is 11.9 Å². The Labute approximate surface area is 375 Å². The Kier molecular flexibility index (Phi) is 24.5. The summed E-state index contributed by atoms with van der Waals surface area (Å²) in [5.74, 6) is -3.06. The Bertz CT molecular complexity index is 2100. The molecule has 1 heterocycles. The third-order valence-corrected chi connectivity index (χ3v) is 9.18. The van der Waals surface area contributed by atoms with E-state index in [-0.39, 0.29) is 59.1 Å². The summed E-state index contributed by atoms with van der Waals surface area (Å²) in [4.78, 5) is 16.4. The number of benzene rings is 5. The molecule has 0 radical (unpaired) electrons. The SMILES string of the molecule is CC#N.Cc1ccccc1/C=N/O.Fc1cccc(F)c1C1=NC(c2ccc(CCl)cc2)CO1.O=C(NC(CBr)c1ccc(CCl)cc1)c1c(F)cccc1F.[Na+].[OH-]. The fourth-order valence-electron chi connectivity index (χ4n) is 5.00. The third-order valence-electron chi connectivity index (χ3n) is 7.92. The van der Waals surface area contributed by atoms with Crippen molar-refractivity contribution in [3.63, 3.8) is 0 Å². The third kappa shape index (κ3) is 15.5. The first-order valence-corrected chi connectivity index (χ1v) is 19.0. The normalized spacial score (nSPS) is 12.8. The number of nitrogens with one attached hydrogen (secondary N) is 1. The summed E-state index contributed by atoms with van der Waals surface area (Å²) in [5, 5.41) is 21.5. The fourth-order valence-corrected chi connectivity index (χ4v) is 5.89. The monoisotopic (exact) mass is 910 g/mol. The Balaban J connectivity index is 0.000000437. The summed E-state index contributed by atoms with van der Waals surface area (Å²) in [6.45, 7) is 3.67. The van der Waals surface area contributed by atoms with Crippen LogP contribution in [-0.4, -0.2) is 40.6 Å². The molecular weight excluding hydrogens is 874 g/mol. The molecule has 5 aromatic carbocycles. The van der Waals surface area contributed by atoms with Crippen LogP contribution in [0.1, 0.15) is 68.3 Å². The number of ether oxygens (including phenoxy) is 1. The average Bonchev–Trinajstić information content (AvgIpc) is 3.68. The van der Waals surface area contributed by atoms with Crippen LogP contribution in [0, 0.1) is 41.5 Å². The number of hydrogen-bond donors (Lipinski definition) is 2. The quantitative estimate of drug-likeness (QED) is 0.0387. The topological polar surface area (TPSA) is 137 Å². The van der Waals surface area contributed by atoms with Gasteiger partial charge in [0.05, 0.1) is 18.3 Å². The van der Waals surface area contributed by atoms with Crippen LogP contribution in [0.5, 0.6) is 0 Å². The second-order valence-electron chi connectivity index (χ2n) is 11.7. The minimum Gasteiger partial charge on any atom is -0.870 e. The number of aliphatic imine (C=N–C) groups is 1. The van der Waals surface area contributed by atoms with Gasteiger partial charge in [-0.2, -0.15) is 5.26 Å². The van der Waals surface area contributed by atoms with Crippen LogP contribution in [0.3, 0.4) is 0 Å². The standard InChI is InChI=1S/C16H13BrClF2NO.C16H12ClF2NO.C8H9NO.C2H3N.Na.H2O/c17-8-14(11-6-4-10(9-18)5-7-11)21-16(22)15-12(19)2-1-3-13(15)20;17-8-10-4-6-11(7-5-10)14-9-21-16(20-14)15-12(18)2-1-3-13(15)19;1-7-4-2-3-5-8(7)6-9-10;1-2-3;;/h1-7,14H,8-9H2,(H,21,22);1-7,14H,8-9H2;2-6,10H,1H3;1H3;;1H2/q;;;;+1;/p-1/b;;9-6+;;;. The summed E-state index contributed by atoms with van der Waals surface area (Å²) in [7, 11) is 0. The van der Waals surface area contributed by atoms with Crippen molar-refractivity contribution in [3.05, 3.63) is 177 Å². The molecule has 0 spiro atoms. The molecule has 3 N–H and O–H groups in total. The average molecular weight is 913 g/mol. The molecule has 0 saturated heterocycles. The zero-order valence-electron chi connectivity index (χ0n) is 31.7. The van der Waals surface area contributed by atoms with Gasteiger partial charge in [0.2, 0.25) is 5.90 Å². The van der Waals surface area contributed by atoms with Crippen LogP contribution in [0.15, 0.2) is 119 Å². The number of nitriles is 1. The first-order chi connectivity index (χ1) is 27.0. The molecular formula is C42H38BrCl2F4N4NaO4. The van der Waals surface area contributed by atoms with Crippen LogP contribution >= 0.6 is 39.1 Å². The molecule has 2 atom stereocenters. The maximum absolute atomic E-state index is 13.7. The summed E-state index contributed by atoms with van der Waals surface area (Å²) >= 11 is 14.8. The van der Waals surface area contributed by atoms with Gasteiger partial charge < -0.3 is 20.7 Å². The molecule has 16 heteroatoms. The molecule has 300 valence electrons. The number of halogens is 7. The molecule has 0 saturated carbocycles. The van der Waals surface area contributed by atoms with Crippen molar-refractivity contribution < 1.29 is 67.3 Å². The molecule has 6 rings (SSSR count). The molecule has 1 aliphatic rings. The van der Waals surface area contributed by atoms with Crippen molar-refractivity contribution in [1.82, 2.24) is 5.32 Å². The van der Waals surface area contributed by atoms with Gasteiger partial charge in [-0.05, 0) is 64.6 Å². The first kappa shape index (κ1) is 51.8. The molecule has 0 bridgehead atoms. The van der Waals surface area contributed by atoms with E-state index < -0.39 is 40.8 Å². The van der Waals surface area contributed by atoms with Gasteiger partial charge in [-0.3, -0.25) is 4.79 Å². The second-order valence-corrected chi connectivity index (χ2v) is 12.9. The number of rotatable bonds is 9. The zero-order valence-corrected chi connectivity index (χ0v) is 36.7. The largest absolute Gasteiger partial charge is 1.00 e. The summed E-state index contributed by atoms with van der Waals surface area (Å²) in [6, 6.07) is 30.7. The molecule has 0 fully saturated rings. The van der Waals surface area contributed by atoms with Crippen molar-refractivity contribution in [3.8, 4) is 6.07 Å².